The number of aliphatic carboxylic acids is 1. The van der Waals surface area contributed by atoms with E-state index in [4.69, 9.17) is 5.11 Å². The van der Waals surface area contributed by atoms with Gasteiger partial charge in [0.05, 0.1) is 5.92 Å². The van der Waals surface area contributed by atoms with Crippen molar-refractivity contribution in [2.45, 2.75) is 26.7 Å². The molecule has 2 nitrogen and oxygen atoms in total. The molecule has 0 aromatic carbocycles. The van der Waals surface area contributed by atoms with E-state index in [0.29, 0.717) is 11.8 Å². The average molecular weight is 142 g/mol. The van der Waals surface area contributed by atoms with Gasteiger partial charge < -0.3 is 5.11 Å². The van der Waals surface area contributed by atoms with Crippen LogP contribution in [0.2, 0.25) is 0 Å². The molecule has 1 aliphatic carbocycles. The van der Waals surface area contributed by atoms with Crippen molar-refractivity contribution in [2.75, 3.05) is 0 Å². The van der Waals surface area contributed by atoms with Crippen molar-refractivity contribution in [1.82, 2.24) is 0 Å². The van der Waals surface area contributed by atoms with Gasteiger partial charge in [-0.05, 0) is 11.8 Å². The normalized spacial score (nSPS) is 37.6. The molecule has 0 aromatic heterocycles. The first-order valence-electron chi connectivity index (χ1n) is 3.95. The Bertz CT molecular complexity index is 132. The maximum Gasteiger partial charge on any atom is 0.307 e. The molecule has 0 radical (unpaired) electrons. The second kappa shape index (κ2) is 2.60. The molecule has 1 saturated carbocycles. The Morgan fingerprint density at radius 1 is 1.30 bits per heavy atom. The SMILES string of the molecule is CCC1C(CC)C1C(=O)O. The summed E-state index contributed by atoms with van der Waals surface area (Å²) in [7, 11) is 0. The minimum atomic E-state index is -0.598. The molecule has 0 heterocycles. The first kappa shape index (κ1) is 7.58. The minimum absolute atomic E-state index is 0.0185. The predicted octanol–water partition coefficient (Wildman–Crippen LogP) is 1.75. The van der Waals surface area contributed by atoms with Crippen LogP contribution in [0.15, 0.2) is 0 Å². The van der Waals surface area contributed by atoms with E-state index in [1.54, 1.807) is 0 Å². The third-order valence-corrected chi connectivity index (χ3v) is 2.56. The number of carboxylic acid groups (broad SMARTS) is 1. The van der Waals surface area contributed by atoms with E-state index in [0.717, 1.165) is 12.8 Å². The number of hydrogen-bond donors (Lipinski definition) is 1. The first-order chi connectivity index (χ1) is 4.72. The Morgan fingerprint density at radius 2 is 1.70 bits per heavy atom. The lowest BCUT2D eigenvalue weighted by molar-refractivity contribution is -0.139. The monoisotopic (exact) mass is 142 g/mol. The van der Waals surface area contributed by atoms with E-state index in [-0.39, 0.29) is 5.92 Å². The van der Waals surface area contributed by atoms with Crippen LogP contribution in [0.1, 0.15) is 26.7 Å². The van der Waals surface area contributed by atoms with Crippen LogP contribution in [0.25, 0.3) is 0 Å². The zero-order chi connectivity index (χ0) is 7.72. The molecule has 58 valence electrons. The van der Waals surface area contributed by atoms with Crippen LogP contribution in [0.4, 0.5) is 0 Å². The molecule has 0 saturated heterocycles. The van der Waals surface area contributed by atoms with Crippen molar-refractivity contribution in [3.8, 4) is 0 Å². The Kier molecular flexibility index (Phi) is 1.97. The van der Waals surface area contributed by atoms with Gasteiger partial charge in [0.1, 0.15) is 0 Å². The summed E-state index contributed by atoms with van der Waals surface area (Å²) < 4.78 is 0. The highest BCUT2D eigenvalue weighted by molar-refractivity contribution is 5.74. The van der Waals surface area contributed by atoms with Crippen LogP contribution in [0.3, 0.4) is 0 Å². The first-order valence-corrected chi connectivity index (χ1v) is 3.95. The van der Waals surface area contributed by atoms with Crippen molar-refractivity contribution in [3.63, 3.8) is 0 Å². The molecule has 0 spiro atoms. The van der Waals surface area contributed by atoms with E-state index in [1.807, 2.05) is 0 Å². The van der Waals surface area contributed by atoms with Crippen molar-refractivity contribution in [3.05, 3.63) is 0 Å². The fourth-order valence-electron chi connectivity index (χ4n) is 1.92. The van der Waals surface area contributed by atoms with Crippen LogP contribution in [0, 0.1) is 17.8 Å². The molecule has 1 fully saturated rings. The zero-order valence-electron chi connectivity index (χ0n) is 6.50. The topological polar surface area (TPSA) is 37.3 Å². The molecular formula is C8H14O2. The lowest BCUT2D eigenvalue weighted by Gasteiger charge is -1.84. The summed E-state index contributed by atoms with van der Waals surface area (Å²) in [6.07, 6.45) is 2.05. The molecule has 0 aliphatic heterocycles. The summed E-state index contributed by atoms with van der Waals surface area (Å²) in [6.45, 7) is 4.13. The molecule has 2 atom stereocenters. The van der Waals surface area contributed by atoms with Gasteiger partial charge in [-0.3, -0.25) is 4.79 Å². The summed E-state index contributed by atoms with van der Waals surface area (Å²) >= 11 is 0. The Balaban J connectivity index is 2.44. The molecular weight excluding hydrogens is 128 g/mol. The highest BCUT2D eigenvalue weighted by Gasteiger charge is 2.52. The van der Waals surface area contributed by atoms with Crippen molar-refractivity contribution in [2.24, 2.45) is 17.8 Å². The number of rotatable bonds is 3. The van der Waals surface area contributed by atoms with Gasteiger partial charge in [-0.15, -0.1) is 0 Å². The van der Waals surface area contributed by atoms with Gasteiger partial charge in [0.25, 0.3) is 0 Å². The van der Waals surface area contributed by atoms with E-state index in [2.05, 4.69) is 13.8 Å². The van der Waals surface area contributed by atoms with Gasteiger partial charge in [-0.1, -0.05) is 26.7 Å². The molecule has 2 heteroatoms. The third kappa shape index (κ3) is 1.02. The molecule has 1 N–H and O–H groups in total. The average Bonchev–Trinajstić information content (AvgIpc) is 2.60. The molecule has 2 unspecified atom stereocenters. The predicted molar refractivity (Wildman–Crippen MR) is 38.7 cm³/mol. The molecule has 0 amide bonds. The van der Waals surface area contributed by atoms with E-state index in [1.165, 1.54) is 0 Å². The molecule has 0 aromatic rings. The highest BCUT2D eigenvalue weighted by atomic mass is 16.4. The summed E-state index contributed by atoms with van der Waals surface area (Å²) in [5, 5.41) is 8.66. The summed E-state index contributed by atoms with van der Waals surface area (Å²) in [4.78, 5) is 10.5. The Labute approximate surface area is 61.2 Å². The fraction of sp³-hybridized carbons (Fsp3) is 0.875. The molecule has 1 rings (SSSR count). The van der Waals surface area contributed by atoms with Gasteiger partial charge >= 0.3 is 5.97 Å². The maximum absolute atomic E-state index is 10.5. The zero-order valence-corrected chi connectivity index (χ0v) is 6.50. The van der Waals surface area contributed by atoms with Gasteiger partial charge in [0.2, 0.25) is 0 Å². The lowest BCUT2D eigenvalue weighted by atomic mass is 10.2. The van der Waals surface area contributed by atoms with Gasteiger partial charge in [-0.25, -0.2) is 0 Å². The molecule has 1 aliphatic rings. The molecule has 10 heavy (non-hydrogen) atoms. The largest absolute Gasteiger partial charge is 0.481 e. The van der Waals surface area contributed by atoms with Crippen LogP contribution in [-0.4, -0.2) is 11.1 Å². The summed E-state index contributed by atoms with van der Waals surface area (Å²) in [5.74, 6) is 0.332. The number of hydrogen-bond acceptors (Lipinski definition) is 1. The Hall–Kier alpha value is -0.530. The van der Waals surface area contributed by atoms with Crippen LogP contribution >= 0.6 is 0 Å². The second-order valence-electron chi connectivity index (χ2n) is 3.01. The number of carbonyl (C=O) groups is 1. The van der Waals surface area contributed by atoms with Crippen LogP contribution in [0.5, 0.6) is 0 Å². The second-order valence-corrected chi connectivity index (χ2v) is 3.01. The van der Waals surface area contributed by atoms with Crippen molar-refractivity contribution in [1.29, 1.82) is 0 Å². The van der Waals surface area contributed by atoms with E-state index >= 15 is 0 Å². The van der Waals surface area contributed by atoms with Crippen LogP contribution < -0.4 is 0 Å². The van der Waals surface area contributed by atoms with E-state index in [9.17, 15) is 4.79 Å². The van der Waals surface area contributed by atoms with E-state index < -0.39 is 5.97 Å². The highest BCUT2D eigenvalue weighted by Crippen LogP contribution is 2.50. The lowest BCUT2D eigenvalue weighted by Crippen LogP contribution is -2.00. The van der Waals surface area contributed by atoms with Crippen molar-refractivity contribution < 1.29 is 9.90 Å². The summed E-state index contributed by atoms with van der Waals surface area (Å²) in [6, 6.07) is 0. The minimum Gasteiger partial charge on any atom is -0.481 e. The van der Waals surface area contributed by atoms with Gasteiger partial charge in [-0.2, -0.15) is 0 Å². The van der Waals surface area contributed by atoms with Gasteiger partial charge in [0, 0.05) is 0 Å². The molecule has 0 bridgehead atoms. The number of carboxylic acids is 1. The summed E-state index contributed by atoms with van der Waals surface area (Å²) in [5.41, 5.74) is 0. The van der Waals surface area contributed by atoms with Crippen molar-refractivity contribution >= 4 is 5.97 Å². The van der Waals surface area contributed by atoms with Gasteiger partial charge in [0.15, 0.2) is 0 Å². The standard InChI is InChI=1S/C8H14O2/c1-3-5-6(4-2)7(5)8(9)10/h5-7H,3-4H2,1-2H3,(H,9,10). The third-order valence-electron chi connectivity index (χ3n) is 2.56. The maximum atomic E-state index is 10.5. The fourth-order valence-corrected chi connectivity index (χ4v) is 1.92. The Morgan fingerprint density at radius 3 is 1.80 bits per heavy atom. The quantitative estimate of drug-likeness (QED) is 0.651. The smallest absolute Gasteiger partial charge is 0.307 e. The van der Waals surface area contributed by atoms with Crippen LogP contribution in [-0.2, 0) is 4.79 Å².